The number of carbonyl (C=O) groups is 2. The highest BCUT2D eigenvalue weighted by atomic mass is 35.5. The SMILES string of the molecule is O=C(COC(=O)/C=C/c1ccccc1)Nc1ccc(Cl)cc1C(F)(F)F. The van der Waals surface area contributed by atoms with Crippen molar-refractivity contribution in [2.75, 3.05) is 11.9 Å². The van der Waals surface area contributed by atoms with Crippen LogP contribution in [0.15, 0.2) is 54.6 Å². The lowest BCUT2D eigenvalue weighted by Gasteiger charge is -2.14. The normalized spacial score (nSPS) is 11.4. The summed E-state index contributed by atoms with van der Waals surface area (Å²) in [6.45, 7) is -0.724. The summed E-state index contributed by atoms with van der Waals surface area (Å²) in [7, 11) is 0. The molecule has 0 unspecified atom stereocenters. The third-order valence-corrected chi connectivity index (χ3v) is 3.35. The Kier molecular flexibility index (Phi) is 6.41. The van der Waals surface area contributed by atoms with Crippen LogP contribution in [0.1, 0.15) is 11.1 Å². The lowest BCUT2D eigenvalue weighted by molar-refractivity contribution is -0.142. The highest BCUT2D eigenvalue weighted by Gasteiger charge is 2.34. The molecule has 0 aromatic heterocycles. The van der Waals surface area contributed by atoms with E-state index < -0.39 is 35.9 Å². The van der Waals surface area contributed by atoms with Crippen LogP contribution in [-0.4, -0.2) is 18.5 Å². The van der Waals surface area contributed by atoms with Crippen molar-refractivity contribution in [2.24, 2.45) is 0 Å². The van der Waals surface area contributed by atoms with E-state index in [0.29, 0.717) is 6.07 Å². The van der Waals surface area contributed by atoms with Gasteiger partial charge in [-0.3, -0.25) is 4.79 Å². The average molecular weight is 384 g/mol. The number of hydrogen-bond acceptors (Lipinski definition) is 3. The van der Waals surface area contributed by atoms with E-state index in [1.165, 1.54) is 12.1 Å². The molecule has 0 aliphatic rings. The Bertz CT molecular complexity index is 820. The number of anilines is 1. The topological polar surface area (TPSA) is 55.4 Å². The summed E-state index contributed by atoms with van der Waals surface area (Å²) in [4.78, 5) is 23.3. The Morgan fingerprint density at radius 3 is 2.46 bits per heavy atom. The molecule has 136 valence electrons. The second-order valence-corrected chi connectivity index (χ2v) is 5.52. The van der Waals surface area contributed by atoms with Gasteiger partial charge in [-0.15, -0.1) is 0 Å². The minimum absolute atomic E-state index is 0.118. The van der Waals surface area contributed by atoms with E-state index in [2.05, 4.69) is 5.32 Å². The molecular formula is C18H13ClF3NO3. The van der Waals surface area contributed by atoms with Crippen molar-refractivity contribution >= 4 is 35.2 Å². The monoisotopic (exact) mass is 383 g/mol. The van der Waals surface area contributed by atoms with Crippen molar-refractivity contribution in [3.05, 3.63) is 70.8 Å². The number of halogens is 4. The van der Waals surface area contributed by atoms with Gasteiger partial charge in [0.1, 0.15) is 0 Å². The van der Waals surface area contributed by atoms with E-state index in [9.17, 15) is 22.8 Å². The smallest absolute Gasteiger partial charge is 0.418 e. The van der Waals surface area contributed by atoms with Crippen LogP contribution in [0.5, 0.6) is 0 Å². The molecular weight excluding hydrogens is 371 g/mol. The van der Waals surface area contributed by atoms with Gasteiger partial charge >= 0.3 is 12.1 Å². The summed E-state index contributed by atoms with van der Waals surface area (Å²) in [6.07, 6.45) is -2.09. The van der Waals surface area contributed by atoms with Gasteiger partial charge in [-0.05, 0) is 29.8 Å². The molecule has 0 saturated carbocycles. The molecule has 4 nitrogen and oxygen atoms in total. The Morgan fingerprint density at radius 2 is 1.81 bits per heavy atom. The fourth-order valence-electron chi connectivity index (χ4n) is 1.96. The minimum atomic E-state index is -4.69. The summed E-state index contributed by atoms with van der Waals surface area (Å²) in [5, 5.41) is 1.94. The van der Waals surface area contributed by atoms with Gasteiger partial charge in [-0.1, -0.05) is 41.9 Å². The second-order valence-electron chi connectivity index (χ2n) is 5.09. The van der Waals surface area contributed by atoms with E-state index in [1.54, 1.807) is 24.3 Å². The maximum atomic E-state index is 13.0. The molecule has 8 heteroatoms. The number of carbonyl (C=O) groups excluding carboxylic acids is 2. The van der Waals surface area contributed by atoms with Crippen LogP contribution < -0.4 is 5.32 Å². The molecule has 1 amide bonds. The first kappa shape index (κ1) is 19.5. The molecule has 2 aromatic carbocycles. The Balaban J connectivity index is 1.93. The second kappa shape index (κ2) is 8.53. The van der Waals surface area contributed by atoms with Crippen LogP contribution in [0, 0.1) is 0 Å². The average Bonchev–Trinajstić information content (AvgIpc) is 2.59. The third kappa shape index (κ3) is 5.93. The summed E-state index contributed by atoms with van der Waals surface area (Å²) >= 11 is 5.56. The van der Waals surface area contributed by atoms with Crippen molar-refractivity contribution in [3.8, 4) is 0 Å². The maximum Gasteiger partial charge on any atom is 0.418 e. The van der Waals surface area contributed by atoms with Crippen molar-refractivity contribution in [2.45, 2.75) is 6.18 Å². The number of alkyl halides is 3. The number of benzene rings is 2. The fraction of sp³-hybridized carbons (Fsp3) is 0.111. The van der Waals surface area contributed by atoms with Gasteiger partial charge in [0.2, 0.25) is 0 Å². The highest BCUT2D eigenvalue weighted by Crippen LogP contribution is 2.36. The molecule has 0 atom stereocenters. The van der Waals surface area contributed by atoms with Crippen molar-refractivity contribution < 1.29 is 27.5 Å². The quantitative estimate of drug-likeness (QED) is 0.608. The standard InChI is InChI=1S/C18H13ClF3NO3/c19-13-7-8-15(14(10-13)18(20,21)22)23-16(24)11-26-17(25)9-6-12-4-2-1-3-5-12/h1-10H,11H2,(H,23,24)/b9-6+. The predicted molar refractivity (Wildman–Crippen MR) is 91.5 cm³/mol. The minimum Gasteiger partial charge on any atom is -0.452 e. The van der Waals surface area contributed by atoms with Crippen LogP contribution in [0.2, 0.25) is 5.02 Å². The molecule has 0 radical (unpaired) electrons. The van der Waals surface area contributed by atoms with Crippen LogP contribution in [0.3, 0.4) is 0 Å². The molecule has 0 aliphatic heterocycles. The molecule has 1 N–H and O–H groups in total. The van der Waals surface area contributed by atoms with Gasteiger partial charge in [0.15, 0.2) is 6.61 Å². The number of amides is 1. The van der Waals surface area contributed by atoms with E-state index in [4.69, 9.17) is 16.3 Å². The number of hydrogen-bond donors (Lipinski definition) is 1. The number of nitrogens with one attached hydrogen (secondary N) is 1. The van der Waals surface area contributed by atoms with E-state index in [1.807, 2.05) is 6.07 Å². The first-order valence-corrected chi connectivity index (χ1v) is 7.70. The zero-order chi connectivity index (χ0) is 19.2. The van der Waals surface area contributed by atoms with Crippen LogP contribution >= 0.6 is 11.6 Å². The number of rotatable bonds is 5. The largest absolute Gasteiger partial charge is 0.452 e. The van der Waals surface area contributed by atoms with E-state index >= 15 is 0 Å². The van der Waals surface area contributed by atoms with Gasteiger partial charge in [-0.25, -0.2) is 4.79 Å². The van der Waals surface area contributed by atoms with E-state index in [0.717, 1.165) is 17.7 Å². The fourth-order valence-corrected chi connectivity index (χ4v) is 2.13. The molecule has 0 bridgehead atoms. The van der Waals surface area contributed by atoms with E-state index in [-0.39, 0.29) is 5.02 Å². The molecule has 0 heterocycles. The van der Waals surface area contributed by atoms with Gasteiger partial charge in [0.05, 0.1) is 11.3 Å². The molecule has 2 rings (SSSR count). The predicted octanol–water partition coefficient (Wildman–Crippen LogP) is 4.55. The molecule has 0 fully saturated rings. The molecule has 0 aliphatic carbocycles. The summed E-state index contributed by atoms with van der Waals surface area (Å²) in [6, 6.07) is 11.8. The van der Waals surface area contributed by atoms with Gasteiger partial charge in [0.25, 0.3) is 5.91 Å². The highest BCUT2D eigenvalue weighted by molar-refractivity contribution is 6.30. The van der Waals surface area contributed by atoms with Crippen molar-refractivity contribution in [1.82, 2.24) is 0 Å². The van der Waals surface area contributed by atoms with Gasteiger partial charge < -0.3 is 10.1 Å². The Morgan fingerprint density at radius 1 is 1.12 bits per heavy atom. The molecule has 0 saturated heterocycles. The lowest BCUT2D eigenvalue weighted by Crippen LogP contribution is -2.22. The van der Waals surface area contributed by atoms with Crippen LogP contribution in [-0.2, 0) is 20.5 Å². The first-order chi connectivity index (χ1) is 12.3. The first-order valence-electron chi connectivity index (χ1n) is 7.32. The zero-order valence-electron chi connectivity index (χ0n) is 13.2. The summed E-state index contributed by atoms with van der Waals surface area (Å²) < 4.78 is 43.6. The lowest BCUT2D eigenvalue weighted by atomic mass is 10.1. The third-order valence-electron chi connectivity index (χ3n) is 3.12. The number of esters is 1. The summed E-state index contributed by atoms with van der Waals surface area (Å²) in [5.74, 6) is -1.70. The van der Waals surface area contributed by atoms with Gasteiger partial charge in [-0.2, -0.15) is 13.2 Å². The summed E-state index contributed by atoms with van der Waals surface area (Å²) in [5.41, 5.74) is -0.804. The van der Waals surface area contributed by atoms with Crippen molar-refractivity contribution in [1.29, 1.82) is 0 Å². The Labute approximate surface area is 152 Å². The Hall–Kier alpha value is -2.80. The maximum absolute atomic E-state index is 13.0. The molecule has 0 spiro atoms. The van der Waals surface area contributed by atoms with Crippen molar-refractivity contribution in [3.63, 3.8) is 0 Å². The van der Waals surface area contributed by atoms with Gasteiger partial charge in [0, 0.05) is 11.1 Å². The van der Waals surface area contributed by atoms with Crippen LogP contribution in [0.4, 0.5) is 18.9 Å². The number of ether oxygens (including phenoxy) is 1. The van der Waals surface area contributed by atoms with Crippen LogP contribution in [0.25, 0.3) is 6.08 Å². The molecule has 2 aromatic rings. The zero-order valence-corrected chi connectivity index (χ0v) is 14.0. The molecule has 26 heavy (non-hydrogen) atoms.